The summed E-state index contributed by atoms with van der Waals surface area (Å²) in [6.07, 6.45) is -0.0352. The van der Waals surface area contributed by atoms with E-state index in [2.05, 4.69) is 9.62 Å². The van der Waals surface area contributed by atoms with Crippen LogP contribution in [0.4, 0.5) is 0 Å². The van der Waals surface area contributed by atoms with Crippen LogP contribution in [0.25, 0.3) is 0 Å². The first-order chi connectivity index (χ1) is 7.84. The highest BCUT2D eigenvalue weighted by Gasteiger charge is 2.34. The van der Waals surface area contributed by atoms with Crippen LogP contribution in [0.2, 0.25) is 0 Å². The third kappa shape index (κ3) is 4.91. The molecule has 17 heavy (non-hydrogen) atoms. The van der Waals surface area contributed by atoms with Crippen molar-refractivity contribution in [1.29, 1.82) is 0 Å². The van der Waals surface area contributed by atoms with Crippen LogP contribution in [0.3, 0.4) is 0 Å². The lowest BCUT2D eigenvalue weighted by atomic mass is 10.2. The van der Waals surface area contributed by atoms with E-state index in [1.165, 1.54) is 0 Å². The first-order valence-electron chi connectivity index (χ1n) is 6.14. The summed E-state index contributed by atoms with van der Waals surface area (Å²) in [6, 6.07) is -0.122. The smallest absolute Gasteiger partial charge is 0.212 e. The molecule has 6 heteroatoms. The van der Waals surface area contributed by atoms with Crippen molar-refractivity contribution in [3.05, 3.63) is 0 Å². The van der Waals surface area contributed by atoms with E-state index < -0.39 is 10.0 Å². The van der Waals surface area contributed by atoms with Crippen molar-refractivity contribution in [2.24, 2.45) is 5.92 Å². The number of sulfonamides is 1. The van der Waals surface area contributed by atoms with Gasteiger partial charge in [-0.2, -0.15) is 0 Å². The average molecular weight is 264 g/mol. The van der Waals surface area contributed by atoms with Gasteiger partial charge in [0, 0.05) is 19.7 Å². The van der Waals surface area contributed by atoms with Gasteiger partial charge >= 0.3 is 0 Å². The molecule has 0 aromatic rings. The van der Waals surface area contributed by atoms with E-state index in [1.807, 2.05) is 27.8 Å². The van der Waals surface area contributed by atoms with Gasteiger partial charge < -0.3 is 9.64 Å². The van der Waals surface area contributed by atoms with Gasteiger partial charge in [0.1, 0.15) is 0 Å². The van der Waals surface area contributed by atoms with Gasteiger partial charge in [-0.25, -0.2) is 13.1 Å². The Bertz CT molecular complexity index is 330. The summed E-state index contributed by atoms with van der Waals surface area (Å²) in [5.41, 5.74) is 0. The molecule has 1 N–H and O–H groups in total. The second kappa shape index (κ2) is 6.13. The molecule has 1 aliphatic rings. The van der Waals surface area contributed by atoms with Crippen LogP contribution in [-0.4, -0.2) is 58.0 Å². The highest BCUT2D eigenvalue weighted by atomic mass is 32.2. The van der Waals surface area contributed by atoms with Crippen LogP contribution in [0.5, 0.6) is 0 Å². The quantitative estimate of drug-likeness (QED) is 0.749. The van der Waals surface area contributed by atoms with E-state index in [1.54, 1.807) is 0 Å². The fourth-order valence-electron chi connectivity index (χ4n) is 2.18. The van der Waals surface area contributed by atoms with Gasteiger partial charge in [0.25, 0.3) is 0 Å². The molecule has 2 atom stereocenters. The maximum atomic E-state index is 11.9. The normalized spacial score (nSPS) is 26.9. The second-order valence-electron chi connectivity index (χ2n) is 5.11. The molecule has 0 saturated carbocycles. The van der Waals surface area contributed by atoms with E-state index in [9.17, 15) is 8.42 Å². The maximum absolute atomic E-state index is 11.9. The minimum absolute atomic E-state index is 0.0352. The molecule has 1 saturated heterocycles. The molecule has 0 aromatic heterocycles. The number of hydrogen-bond acceptors (Lipinski definition) is 4. The van der Waals surface area contributed by atoms with Gasteiger partial charge in [-0.15, -0.1) is 0 Å². The number of likely N-dealkylation sites (N-methyl/N-ethyl adjacent to an activating group) is 1. The number of ether oxygens (including phenoxy) is 1. The van der Waals surface area contributed by atoms with Crippen LogP contribution in [-0.2, 0) is 14.8 Å². The van der Waals surface area contributed by atoms with E-state index in [-0.39, 0.29) is 23.8 Å². The standard InChI is InChI=1S/C11H24N2O3S/c1-5-16-11-7-13(4)6-10(11)12-17(14,15)8-9(2)3/h9-12H,5-8H2,1-4H3/t10-,11-/m0/s1. The lowest BCUT2D eigenvalue weighted by Crippen LogP contribution is -2.45. The van der Waals surface area contributed by atoms with Crippen LogP contribution in [0, 0.1) is 5.92 Å². The monoisotopic (exact) mass is 264 g/mol. The molecule has 0 radical (unpaired) electrons. The summed E-state index contributed by atoms with van der Waals surface area (Å²) in [4.78, 5) is 2.09. The minimum atomic E-state index is -3.20. The third-order valence-corrected chi connectivity index (χ3v) is 4.48. The number of nitrogens with zero attached hydrogens (tertiary/aromatic N) is 1. The van der Waals surface area contributed by atoms with Crippen molar-refractivity contribution in [3.8, 4) is 0 Å². The maximum Gasteiger partial charge on any atom is 0.212 e. The average Bonchev–Trinajstić information content (AvgIpc) is 2.43. The number of hydrogen-bond donors (Lipinski definition) is 1. The van der Waals surface area contributed by atoms with E-state index in [4.69, 9.17) is 4.74 Å². The van der Waals surface area contributed by atoms with Crippen molar-refractivity contribution in [1.82, 2.24) is 9.62 Å². The molecule has 1 heterocycles. The Morgan fingerprint density at radius 1 is 1.41 bits per heavy atom. The van der Waals surface area contributed by atoms with Gasteiger partial charge in [0.15, 0.2) is 0 Å². The highest BCUT2D eigenvalue weighted by molar-refractivity contribution is 7.89. The Morgan fingerprint density at radius 2 is 2.06 bits per heavy atom. The summed E-state index contributed by atoms with van der Waals surface area (Å²) in [5.74, 6) is 0.309. The van der Waals surface area contributed by atoms with Gasteiger partial charge in [-0.05, 0) is 19.9 Å². The second-order valence-corrected chi connectivity index (χ2v) is 6.91. The van der Waals surface area contributed by atoms with Crippen LogP contribution in [0.15, 0.2) is 0 Å². The number of nitrogens with one attached hydrogen (secondary N) is 1. The molecule has 1 aliphatic heterocycles. The molecule has 1 fully saturated rings. The first kappa shape index (κ1) is 14.9. The van der Waals surface area contributed by atoms with Crippen molar-refractivity contribution >= 4 is 10.0 Å². The summed E-state index contributed by atoms with van der Waals surface area (Å²) in [5, 5.41) is 0. The molecule has 0 amide bonds. The summed E-state index contributed by atoms with van der Waals surface area (Å²) in [7, 11) is -1.22. The minimum Gasteiger partial charge on any atom is -0.375 e. The van der Waals surface area contributed by atoms with Crippen LogP contribution in [0.1, 0.15) is 20.8 Å². The van der Waals surface area contributed by atoms with Gasteiger partial charge in [-0.1, -0.05) is 13.8 Å². The number of rotatable bonds is 6. The lowest BCUT2D eigenvalue weighted by Gasteiger charge is -2.20. The molecular weight excluding hydrogens is 240 g/mol. The zero-order valence-electron chi connectivity index (χ0n) is 11.1. The fourth-order valence-corrected chi connectivity index (χ4v) is 3.84. The van der Waals surface area contributed by atoms with Crippen molar-refractivity contribution in [2.45, 2.75) is 32.9 Å². The lowest BCUT2D eigenvalue weighted by molar-refractivity contribution is 0.0589. The van der Waals surface area contributed by atoms with Crippen molar-refractivity contribution in [3.63, 3.8) is 0 Å². The summed E-state index contributed by atoms with van der Waals surface area (Å²) >= 11 is 0. The summed E-state index contributed by atoms with van der Waals surface area (Å²) < 4.78 is 32.1. The van der Waals surface area contributed by atoms with Gasteiger partial charge in [-0.3, -0.25) is 0 Å². The third-order valence-electron chi connectivity index (χ3n) is 2.71. The van der Waals surface area contributed by atoms with E-state index >= 15 is 0 Å². The van der Waals surface area contributed by atoms with Crippen molar-refractivity contribution in [2.75, 3.05) is 32.5 Å². The Labute approximate surface area is 105 Å². The Morgan fingerprint density at radius 3 is 2.59 bits per heavy atom. The zero-order chi connectivity index (χ0) is 13.1. The van der Waals surface area contributed by atoms with Gasteiger partial charge in [0.2, 0.25) is 10.0 Å². The largest absolute Gasteiger partial charge is 0.375 e. The molecule has 0 aliphatic carbocycles. The molecule has 0 unspecified atom stereocenters. The molecular formula is C11H24N2O3S. The van der Waals surface area contributed by atoms with Crippen LogP contribution < -0.4 is 4.72 Å². The SMILES string of the molecule is CCO[C@H]1CN(C)C[C@@H]1NS(=O)(=O)CC(C)C. The Hall–Kier alpha value is -0.170. The van der Waals surface area contributed by atoms with E-state index in [0.29, 0.717) is 13.2 Å². The molecule has 0 bridgehead atoms. The first-order valence-corrected chi connectivity index (χ1v) is 7.79. The predicted octanol–water partition coefficient (Wildman–Crippen LogP) is 0.281. The number of likely N-dealkylation sites (tertiary alicyclic amines) is 1. The van der Waals surface area contributed by atoms with Crippen LogP contribution >= 0.6 is 0 Å². The Kier molecular flexibility index (Phi) is 5.37. The highest BCUT2D eigenvalue weighted by Crippen LogP contribution is 2.13. The zero-order valence-corrected chi connectivity index (χ0v) is 12.0. The van der Waals surface area contributed by atoms with Crippen molar-refractivity contribution < 1.29 is 13.2 Å². The molecule has 102 valence electrons. The fraction of sp³-hybridized carbons (Fsp3) is 1.00. The van der Waals surface area contributed by atoms with Gasteiger partial charge in [0.05, 0.1) is 17.9 Å². The molecule has 5 nitrogen and oxygen atoms in total. The van der Waals surface area contributed by atoms with E-state index in [0.717, 1.165) is 6.54 Å². The predicted molar refractivity (Wildman–Crippen MR) is 68.5 cm³/mol. The molecule has 0 spiro atoms. The Balaban J connectivity index is 2.60. The topological polar surface area (TPSA) is 58.6 Å². The summed E-state index contributed by atoms with van der Waals surface area (Å²) in [6.45, 7) is 7.84. The molecule has 1 rings (SSSR count). The molecule has 0 aromatic carbocycles.